The second-order valence-electron chi connectivity index (χ2n) is 13.4. The van der Waals surface area contributed by atoms with Crippen molar-refractivity contribution in [2.45, 2.75) is 9.79 Å². The lowest BCUT2D eigenvalue weighted by Crippen LogP contribution is -2.10. The summed E-state index contributed by atoms with van der Waals surface area (Å²) in [4.78, 5) is 4.91. The highest BCUT2D eigenvalue weighted by atomic mass is 32.2. The van der Waals surface area contributed by atoms with Gasteiger partial charge in [-0.2, -0.15) is 0 Å². The summed E-state index contributed by atoms with van der Waals surface area (Å²) < 4.78 is 4.96. The van der Waals surface area contributed by atoms with Crippen molar-refractivity contribution in [2.24, 2.45) is 0 Å². The Labute approximate surface area is 305 Å². The summed E-state index contributed by atoms with van der Waals surface area (Å²) in [5.74, 6) is 0. The van der Waals surface area contributed by atoms with Gasteiger partial charge < -0.3 is 14.0 Å². The molecule has 0 aliphatic carbocycles. The average molecular weight is 682 g/mol. The molecule has 3 nitrogen and oxygen atoms in total. The normalized spacial score (nSPS) is 12.2. The first kappa shape index (κ1) is 29.3. The fourth-order valence-electron chi connectivity index (χ4n) is 8.26. The van der Waals surface area contributed by atoms with Gasteiger partial charge in [-0.3, -0.25) is 0 Å². The number of hydrogen-bond donors (Lipinski definition) is 0. The molecule has 0 radical (unpaired) electrons. The number of aromatic nitrogens is 2. The van der Waals surface area contributed by atoms with Crippen LogP contribution in [0.25, 0.3) is 66.1 Å². The Hall–Kier alpha value is -6.49. The SMILES string of the molecule is c1ccc(-c2ccc(N(c3ccccc3)c3cccc(-n4c5ccccc5c5c6c7ccccc7n7c6c(cc54)Sc4ccccc4-7)c3)cc2)cc1. The lowest BCUT2D eigenvalue weighted by atomic mass is 10.0. The van der Waals surface area contributed by atoms with E-state index in [9.17, 15) is 0 Å². The van der Waals surface area contributed by atoms with Crippen LogP contribution in [0.2, 0.25) is 0 Å². The zero-order valence-corrected chi connectivity index (χ0v) is 29.0. The molecule has 52 heavy (non-hydrogen) atoms. The summed E-state index contributed by atoms with van der Waals surface area (Å²) in [7, 11) is 0. The largest absolute Gasteiger partial charge is 0.310 e. The lowest BCUT2D eigenvalue weighted by molar-refractivity contribution is 1.09. The summed E-state index contributed by atoms with van der Waals surface area (Å²) in [5.41, 5.74) is 13.1. The molecule has 3 heterocycles. The average Bonchev–Trinajstić information content (AvgIpc) is 3.73. The van der Waals surface area contributed by atoms with Gasteiger partial charge in [-0.05, 0) is 83.9 Å². The highest BCUT2D eigenvalue weighted by Gasteiger charge is 2.27. The first-order valence-corrected chi connectivity index (χ1v) is 18.5. The van der Waals surface area contributed by atoms with Gasteiger partial charge in [0.05, 0.1) is 27.8 Å². The molecule has 0 fully saturated rings. The Morgan fingerprint density at radius 3 is 1.77 bits per heavy atom. The van der Waals surface area contributed by atoms with Crippen LogP contribution in [0.5, 0.6) is 0 Å². The standard InChI is InChI=1S/C48H31N3S/c1-3-14-32(15-4-1)33-26-28-35(29-27-33)49(34-16-5-2-6-17-34)36-18-13-19-37(30-36)50-40-22-9-7-20-38(40)46-43(50)31-45-48-47(46)39-21-8-10-23-41(39)51(48)42-24-11-12-25-44(42)52-45/h1-31H. The second-order valence-corrected chi connectivity index (χ2v) is 14.5. The highest BCUT2D eigenvalue weighted by molar-refractivity contribution is 7.99. The predicted octanol–water partition coefficient (Wildman–Crippen LogP) is 13.5. The molecule has 0 spiro atoms. The van der Waals surface area contributed by atoms with Crippen molar-refractivity contribution in [2.75, 3.05) is 4.90 Å². The van der Waals surface area contributed by atoms with Crippen LogP contribution in [0.1, 0.15) is 0 Å². The predicted molar refractivity (Wildman–Crippen MR) is 219 cm³/mol. The van der Waals surface area contributed by atoms with E-state index in [4.69, 9.17) is 0 Å². The van der Waals surface area contributed by atoms with Gasteiger partial charge in [0.2, 0.25) is 0 Å². The Bertz CT molecular complexity index is 2980. The van der Waals surface area contributed by atoms with Crippen molar-refractivity contribution in [3.8, 4) is 22.5 Å². The molecule has 8 aromatic carbocycles. The fraction of sp³-hybridized carbons (Fsp3) is 0. The third-order valence-corrected chi connectivity index (χ3v) is 11.6. The Balaban J connectivity index is 1.15. The van der Waals surface area contributed by atoms with E-state index in [-0.39, 0.29) is 0 Å². The zero-order chi connectivity index (χ0) is 34.2. The summed E-state index contributed by atoms with van der Waals surface area (Å²) in [5, 5.41) is 5.16. The molecule has 1 aliphatic heterocycles. The molecule has 10 aromatic rings. The minimum Gasteiger partial charge on any atom is -0.310 e. The summed E-state index contributed by atoms with van der Waals surface area (Å²) in [6, 6.07) is 68.2. The number of rotatable bonds is 5. The van der Waals surface area contributed by atoms with Crippen molar-refractivity contribution < 1.29 is 0 Å². The molecule has 244 valence electrons. The summed E-state index contributed by atoms with van der Waals surface area (Å²) in [6.45, 7) is 0. The molecule has 0 amide bonds. The van der Waals surface area contributed by atoms with Crippen LogP contribution in [0.15, 0.2) is 198 Å². The number of anilines is 3. The zero-order valence-electron chi connectivity index (χ0n) is 28.1. The molecule has 0 unspecified atom stereocenters. The van der Waals surface area contributed by atoms with E-state index in [2.05, 4.69) is 202 Å². The van der Waals surface area contributed by atoms with E-state index in [1.807, 2.05) is 11.8 Å². The fourth-order valence-corrected chi connectivity index (χ4v) is 9.37. The van der Waals surface area contributed by atoms with Gasteiger partial charge in [0.25, 0.3) is 0 Å². The van der Waals surface area contributed by atoms with Gasteiger partial charge in [-0.15, -0.1) is 0 Å². The van der Waals surface area contributed by atoms with Crippen LogP contribution >= 0.6 is 11.8 Å². The molecular weight excluding hydrogens is 651 g/mol. The maximum Gasteiger partial charge on any atom is 0.0688 e. The quantitative estimate of drug-likeness (QED) is 0.179. The minimum atomic E-state index is 1.10. The van der Waals surface area contributed by atoms with Crippen molar-refractivity contribution in [1.29, 1.82) is 0 Å². The highest BCUT2D eigenvalue weighted by Crippen LogP contribution is 2.51. The Morgan fingerprint density at radius 2 is 0.981 bits per heavy atom. The van der Waals surface area contributed by atoms with Crippen molar-refractivity contribution >= 4 is 72.4 Å². The third-order valence-electron chi connectivity index (χ3n) is 10.5. The number of hydrogen-bond acceptors (Lipinski definition) is 2. The molecule has 0 saturated carbocycles. The van der Waals surface area contributed by atoms with Crippen LogP contribution in [0.4, 0.5) is 17.1 Å². The smallest absolute Gasteiger partial charge is 0.0688 e. The Kier molecular flexibility index (Phi) is 6.48. The van der Waals surface area contributed by atoms with Crippen molar-refractivity contribution in [3.63, 3.8) is 0 Å². The van der Waals surface area contributed by atoms with Crippen LogP contribution < -0.4 is 4.90 Å². The monoisotopic (exact) mass is 681 g/mol. The van der Waals surface area contributed by atoms with Crippen molar-refractivity contribution in [3.05, 3.63) is 188 Å². The van der Waals surface area contributed by atoms with Gasteiger partial charge in [0.1, 0.15) is 0 Å². The molecule has 0 saturated heterocycles. The van der Waals surface area contributed by atoms with Crippen molar-refractivity contribution in [1.82, 2.24) is 9.13 Å². The summed E-state index contributed by atoms with van der Waals surface area (Å²) >= 11 is 1.88. The minimum absolute atomic E-state index is 1.10. The van der Waals surface area contributed by atoms with Crippen LogP contribution in [-0.4, -0.2) is 9.13 Å². The van der Waals surface area contributed by atoms with Gasteiger partial charge in [-0.1, -0.05) is 127 Å². The van der Waals surface area contributed by atoms with Gasteiger partial charge >= 0.3 is 0 Å². The lowest BCUT2D eigenvalue weighted by Gasteiger charge is -2.26. The van der Waals surface area contributed by atoms with Crippen LogP contribution in [0.3, 0.4) is 0 Å². The van der Waals surface area contributed by atoms with E-state index in [0.29, 0.717) is 0 Å². The van der Waals surface area contributed by atoms with E-state index >= 15 is 0 Å². The molecule has 4 heteroatoms. The topological polar surface area (TPSA) is 13.1 Å². The first-order valence-electron chi connectivity index (χ1n) is 17.7. The molecule has 0 N–H and O–H groups in total. The molecular formula is C48H31N3S. The first-order chi connectivity index (χ1) is 25.8. The number of benzene rings is 8. The molecule has 11 rings (SSSR count). The number of para-hydroxylation sites is 4. The Morgan fingerprint density at radius 1 is 0.385 bits per heavy atom. The summed E-state index contributed by atoms with van der Waals surface area (Å²) in [6.07, 6.45) is 0. The molecule has 0 bridgehead atoms. The molecule has 0 atom stereocenters. The molecule has 1 aliphatic rings. The van der Waals surface area contributed by atoms with E-state index < -0.39 is 0 Å². The second kappa shape index (κ2) is 11.5. The maximum absolute atomic E-state index is 2.48. The maximum atomic E-state index is 2.48. The van der Waals surface area contributed by atoms with E-state index in [1.165, 1.54) is 70.2 Å². The van der Waals surface area contributed by atoms with E-state index in [1.54, 1.807) is 0 Å². The van der Waals surface area contributed by atoms with Gasteiger partial charge in [-0.25, -0.2) is 0 Å². The van der Waals surface area contributed by atoms with Crippen LogP contribution in [0, 0.1) is 0 Å². The van der Waals surface area contributed by atoms with Gasteiger partial charge in [0, 0.05) is 54.1 Å². The number of fused-ring (bicyclic) bond motifs is 9. The molecule has 2 aromatic heterocycles. The van der Waals surface area contributed by atoms with Crippen LogP contribution in [-0.2, 0) is 0 Å². The van der Waals surface area contributed by atoms with Gasteiger partial charge in [0.15, 0.2) is 0 Å². The third kappa shape index (κ3) is 4.35. The number of nitrogens with zero attached hydrogens (tertiary/aromatic N) is 3. The van der Waals surface area contributed by atoms with E-state index in [0.717, 1.165) is 22.7 Å².